The number of carbonyl (C=O) groups is 1. The van der Waals surface area contributed by atoms with Crippen molar-refractivity contribution in [1.29, 1.82) is 0 Å². The molecule has 5 heteroatoms. The van der Waals surface area contributed by atoms with Gasteiger partial charge in [0.05, 0.1) is 0 Å². The Hall–Kier alpha value is -1.78. The highest BCUT2D eigenvalue weighted by Crippen LogP contribution is 2.17. The van der Waals surface area contributed by atoms with E-state index in [2.05, 4.69) is 4.98 Å². The predicted molar refractivity (Wildman–Crippen MR) is 60.0 cm³/mol. The SMILES string of the molecule is Nc1ncccc1OCC(=O)N1CCCC1. The van der Waals surface area contributed by atoms with Crippen LogP contribution in [0.1, 0.15) is 12.8 Å². The van der Waals surface area contributed by atoms with Crippen LogP contribution in [0.3, 0.4) is 0 Å². The summed E-state index contributed by atoms with van der Waals surface area (Å²) >= 11 is 0. The Morgan fingerprint density at radius 1 is 1.50 bits per heavy atom. The van der Waals surface area contributed by atoms with Crippen LogP contribution < -0.4 is 10.5 Å². The second-order valence-electron chi connectivity index (χ2n) is 3.76. The van der Waals surface area contributed by atoms with Gasteiger partial charge in [0.2, 0.25) is 0 Å². The molecule has 0 unspecified atom stereocenters. The highest BCUT2D eigenvalue weighted by molar-refractivity contribution is 5.78. The number of nitrogens with two attached hydrogens (primary N) is 1. The molecule has 0 spiro atoms. The zero-order valence-corrected chi connectivity index (χ0v) is 9.06. The van der Waals surface area contributed by atoms with Gasteiger partial charge in [-0.05, 0) is 25.0 Å². The van der Waals surface area contributed by atoms with E-state index < -0.39 is 0 Å². The van der Waals surface area contributed by atoms with Crippen molar-refractivity contribution < 1.29 is 9.53 Å². The third-order valence-corrected chi connectivity index (χ3v) is 2.61. The zero-order chi connectivity index (χ0) is 11.4. The fourth-order valence-electron chi connectivity index (χ4n) is 1.72. The molecule has 1 fully saturated rings. The molecule has 1 aliphatic heterocycles. The molecule has 86 valence electrons. The Kier molecular flexibility index (Phi) is 3.24. The van der Waals surface area contributed by atoms with Crippen LogP contribution in [0.5, 0.6) is 5.75 Å². The number of aromatic nitrogens is 1. The quantitative estimate of drug-likeness (QED) is 0.814. The van der Waals surface area contributed by atoms with Crippen molar-refractivity contribution in [1.82, 2.24) is 9.88 Å². The number of anilines is 1. The van der Waals surface area contributed by atoms with Crippen LogP contribution in [0.15, 0.2) is 18.3 Å². The van der Waals surface area contributed by atoms with Crippen molar-refractivity contribution in [2.75, 3.05) is 25.4 Å². The van der Waals surface area contributed by atoms with Gasteiger partial charge in [-0.1, -0.05) is 0 Å². The summed E-state index contributed by atoms with van der Waals surface area (Å²) in [6.45, 7) is 1.71. The summed E-state index contributed by atoms with van der Waals surface area (Å²) in [6, 6.07) is 3.44. The average molecular weight is 221 g/mol. The van der Waals surface area contributed by atoms with Gasteiger partial charge in [-0.3, -0.25) is 4.79 Å². The maximum atomic E-state index is 11.7. The third-order valence-electron chi connectivity index (χ3n) is 2.61. The lowest BCUT2D eigenvalue weighted by Crippen LogP contribution is -2.32. The minimum atomic E-state index is 0.0146. The first-order valence-electron chi connectivity index (χ1n) is 5.38. The summed E-state index contributed by atoms with van der Waals surface area (Å²) in [4.78, 5) is 17.4. The number of nitrogens with zero attached hydrogens (tertiary/aromatic N) is 2. The molecule has 0 aliphatic carbocycles. The summed E-state index contributed by atoms with van der Waals surface area (Å²) < 4.78 is 5.33. The molecule has 0 atom stereocenters. The Bertz CT molecular complexity index is 375. The van der Waals surface area contributed by atoms with E-state index in [1.807, 2.05) is 4.90 Å². The Labute approximate surface area is 94.2 Å². The Morgan fingerprint density at radius 2 is 2.25 bits per heavy atom. The molecule has 0 bridgehead atoms. The normalized spacial score (nSPS) is 15.1. The molecule has 0 radical (unpaired) electrons. The molecular weight excluding hydrogens is 206 g/mol. The molecule has 16 heavy (non-hydrogen) atoms. The van der Waals surface area contributed by atoms with Crippen LogP contribution in [-0.4, -0.2) is 35.5 Å². The monoisotopic (exact) mass is 221 g/mol. The summed E-state index contributed by atoms with van der Waals surface area (Å²) in [5.74, 6) is 0.799. The first kappa shape index (κ1) is 10.7. The number of hydrogen-bond acceptors (Lipinski definition) is 4. The smallest absolute Gasteiger partial charge is 0.260 e. The van der Waals surface area contributed by atoms with Gasteiger partial charge in [-0.2, -0.15) is 0 Å². The highest BCUT2D eigenvalue weighted by Gasteiger charge is 2.18. The standard InChI is InChI=1S/C11H15N3O2/c12-11-9(4-3-5-13-11)16-8-10(15)14-6-1-2-7-14/h3-5H,1-2,6-8H2,(H2,12,13). The van der Waals surface area contributed by atoms with Gasteiger partial charge in [0, 0.05) is 19.3 Å². The minimum Gasteiger partial charge on any atom is -0.480 e. The summed E-state index contributed by atoms with van der Waals surface area (Å²) in [5, 5.41) is 0. The second kappa shape index (κ2) is 4.83. The van der Waals surface area contributed by atoms with Crippen molar-refractivity contribution in [3.8, 4) is 5.75 Å². The number of rotatable bonds is 3. The van der Waals surface area contributed by atoms with E-state index in [0.29, 0.717) is 11.6 Å². The number of amides is 1. The van der Waals surface area contributed by atoms with Gasteiger partial charge in [0.1, 0.15) is 0 Å². The Balaban J connectivity index is 1.87. The van der Waals surface area contributed by atoms with E-state index in [4.69, 9.17) is 10.5 Å². The lowest BCUT2D eigenvalue weighted by atomic mass is 10.4. The van der Waals surface area contributed by atoms with Crippen LogP contribution in [0.4, 0.5) is 5.82 Å². The molecule has 0 aromatic carbocycles. The van der Waals surface area contributed by atoms with E-state index in [9.17, 15) is 4.79 Å². The lowest BCUT2D eigenvalue weighted by Gasteiger charge is -2.15. The summed E-state index contributed by atoms with van der Waals surface area (Å²) in [7, 11) is 0. The molecule has 2 heterocycles. The molecule has 2 rings (SSSR count). The van der Waals surface area contributed by atoms with Crippen LogP contribution >= 0.6 is 0 Å². The molecule has 1 aromatic rings. The molecule has 0 saturated carbocycles. The fraction of sp³-hybridized carbons (Fsp3) is 0.455. The van der Waals surface area contributed by atoms with E-state index in [1.165, 1.54) is 0 Å². The zero-order valence-electron chi connectivity index (χ0n) is 9.06. The summed E-state index contributed by atoms with van der Waals surface area (Å²) in [5.41, 5.74) is 5.60. The molecule has 2 N–H and O–H groups in total. The number of nitrogen functional groups attached to an aromatic ring is 1. The van der Waals surface area contributed by atoms with Gasteiger partial charge < -0.3 is 15.4 Å². The van der Waals surface area contributed by atoms with Gasteiger partial charge in [0.25, 0.3) is 5.91 Å². The number of pyridine rings is 1. The molecule has 5 nitrogen and oxygen atoms in total. The predicted octanol–water partition coefficient (Wildman–Crippen LogP) is 0.665. The van der Waals surface area contributed by atoms with Gasteiger partial charge in [-0.15, -0.1) is 0 Å². The van der Waals surface area contributed by atoms with Crippen LogP contribution in [-0.2, 0) is 4.79 Å². The molecule has 1 aromatic heterocycles. The van der Waals surface area contributed by atoms with Gasteiger partial charge in [0.15, 0.2) is 18.2 Å². The van der Waals surface area contributed by atoms with Crippen LogP contribution in [0.2, 0.25) is 0 Å². The van der Waals surface area contributed by atoms with E-state index in [1.54, 1.807) is 18.3 Å². The topological polar surface area (TPSA) is 68.5 Å². The van der Waals surface area contributed by atoms with Crippen LogP contribution in [0, 0.1) is 0 Å². The molecule has 1 saturated heterocycles. The van der Waals surface area contributed by atoms with Crippen molar-refractivity contribution in [3.63, 3.8) is 0 Å². The van der Waals surface area contributed by atoms with Crippen molar-refractivity contribution >= 4 is 11.7 Å². The molecule has 1 amide bonds. The molecular formula is C11H15N3O2. The maximum absolute atomic E-state index is 11.7. The molecule has 1 aliphatic rings. The number of ether oxygens (including phenoxy) is 1. The van der Waals surface area contributed by atoms with Crippen LogP contribution in [0.25, 0.3) is 0 Å². The van der Waals surface area contributed by atoms with Crippen molar-refractivity contribution in [2.24, 2.45) is 0 Å². The largest absolute Gasteiger partial charge is 0.480 e. The average Bonchev–Trinajstić information content (AvgIpc) is 2.81. The highest BCUT2D eigenvalue weighted by atomic mass is 16.5. The first-order chi connectivity index (χ1) is 7.77. The lowest BCUT2D eigenvalue weighted by molar-refractivity contribution is -0.132. The van der Waals surface area contributed by atoms with E-state index in [-0.39, 0.29) is 12.5 Å². The van der Waals surface area contributed by atoms with E-state index in [0.717, 1.165) is 25.9 Å². The first-order valence-corrected chi connectivity index (χ1v) is 5.38. The second-order valence-corrected chi connectivity index (χ2v) is 3.76. The number of carbonyl (C=O) groups excluding carboxylic acids is 1. The number of likely N-dealkylation sites (tertiary alicyclic amines) is 1. The number of hydrogen-bond donors (Lipinski definition) is 1. The Morgan fingerprint density at radius 3 is 2.94 bits per heavy atom. The third kappa shape index (κ3) is 2.42. The summed E-state index contributed by atoms with van der Waals surface area (Å²) in [6.07, 6.45) is 3.76. The fourth-order valence-corrected chi connectivity index (χ4v) is 1.72. The van der Waals surface area contributed by atoms with E-state index >= 15 is 0 Å². The minimum absolute atomic E-state index is 0.0146. The van der Waals surface area contributed by atoms with Crippen molar-refractivity contribution in [3.05, 3.63) is 18.3 Å². The van der Waals surface area contributed by atoms with Gasteiger partial charge >= 0.3 is 0 Å². The maximum Gasteiger partial charge on any atom is 0.260 e. The van der Waals surface area contributed by atoms with Gasteiger partial charge in [-0.25, -0.2) is 4.98 Å². The van der Waals surface area contributed by atoms with Crippen molar-refractivity contribution in [2.45, 2.75) is 12.8 Å².